The third kappa shape index (κ3) is 1.95. The van der Waals surface area contributed by atoms with Crippen LogP contribution >= 0.6 is 0 Å². The molecule has 0 radical (unpaired) electrons. The standard InChI is InChI=1S/C13H10FN5O/c14-8-4-2-1-3-7(8)11-12(18-19-13(11)15)9-5-6-10(20)17-16-9/h1-6H,(H,17,20)(H3,15,18,19). The van der Waals surface area contributed by atoms with Crippen molar-refractivity contribution >= 4 is 5.82 Å². The van der Waals surface area contributed by atoms with Crippen LogP contribution in [0.5, 0.6) is 0 Å². The molecule has 0 fully saturated rings. The molecule has 0 unspecified atom stereocenters. The first-order valence-electron chi connectivity index (χ1n) is 5.81. The molecular formula is C13H10FN5O. The number of nitrogens with one attached hydrogen (secondary N) is 2. The van der Waals surface area contributed by atoms with Crippen LogP contribution in [0.4, 0.5) is 10.2 Å². The maximum absolute atomic E-state index is 13.9. The summed E-state index contributed by atoms with van der Waals surface area (Å²) in [6.45, 7) is 0. The first kappa shape index (κ1) is 12.1. The minimum Gasteiger partial charge on any atom is -0.382 e. The molecule has 7 heteroatoms. The molecule has 0 amide bonds. The molecule has 4 N–H and O–H groups in total. The number of benzene rings is 1. The number of hydrogen-bond acceptors (Lipinski definition) is 4. The predicted molar refractivity (Wildman–Crippen MR) is 72.2 cm³/mol. The molecule has 2 heterocycles. The highest BCUT2D eigenvalue weighted by Gasteiger charge is 2.18. The number of H-pyrrole nitrogens is 2. The van der Waals surface area contributed by atoms with Crippen LogP contribution in [-0.4, -0.2) is 20.4 Å². The van der Waals surface area contributed by atoms with Crippen LogP contribution in [0.3, 0.4) is 0 Å². The number of halogens is 1. The van der Waals surface area contributed by atoms with Crippen LogP contribution in [0, 0.1) is 5.82 Å². The summed E-state index contributed by atoms with van der Waals surface area (Å²) in [5, 5.41) is 12.8. The lowest BCUT2D eigenvalue weighted by Gasteiger charge is -2.04. The predicted octanol–water partition coefficient (Wildman–Crippen LogP) is 1.55. The second-order valence-electron chi connectivity index (χ2n) is 4.15. The molecule has 0 saturated carbocycles. The Morgan fingerprint density at radius 3 is 2.55 bits per heavy atom. The molecular weight excluding hydrogens is 261 g/mol. The molecule has 0 saturated heterocycles. The number of rotatable bonds is 2. The van der Waals surface area contributed by atoms with E-state index in [1.165, 1.54) is 18.2 Å². The Morgan fingerprint density at radius 1 is 1.05 bits per heavy atom. The van der Waals surface area contributed by atoms with Crippen molar-refractivity contribution in [1.82, 2.24) is 20.4 Å². The van der Waals surface area contributed by atoms with Gasteiger partial charge in [0.25, 0.3) is 5.56 Å². The van der Waals surface area contributed by atoms with Gasteiger partial charge in [0.1, 0.15) is 11.5 Å². The van der Waals surface area contributed by atoms with E-state index in [0.717, 1.165) is 0 Å². The van der Waals surface area contributed by atoms with Gasteiger partial charge in [-0.3, -0.25) is 9.89 Å². The fourth-order valence-electron chi connectivity index (χ4n) is 1.96. The highest BCUT2D eigenvalue weighted by molar-refractivity contribution is 5.86. The van der Waals surface area contributed by atoms with Crippen molar-refractivity contribution in [2.45, 2.75) is 0 Å². The van der Waals surface area contributed by atoms with Crippen molar-refractivity contribution in [2.24, 2.45) is 0 Å². The zero-order valence-corrected chi connectivity index (χ0v) is 10.2. The van der Waals surface area contributed by atoms with Crippen LogP contribution in [0.25, 0.3) is 22.5 Å². The Kier molecular flexibility index (Phi) is 2.79. The van der Waals surface area contributed by atoms with Gasteiger partial charge in [0.2, 0.25) is 0 Å². The smallest absolute Gasteiger partial charge is 0.264 e. The zero-order chi connectivity index (χ0) is 14.1. The van der Waals surface area contributed by atoms with E-state index >= 15 is 0 Å². The third-order valence-corrected chi connectivity index (χ3v) is 2.87. The van der Waals surface area contributed by atoms with Gasteiger partial charge < -0.3 is 5.73 Å². The van der Waals surface area contributed by atoms with E-state index in [0.29, 0.717) is 22.5 Å². The van der Waals surface area contributed by atoms with Gasteiger partial charge in [-0.25, -0.2) is 9.49 Å². The van der Waals surface area contributed by atoms with E-state index in [2.05, 4.69) is 20.4 Å². The summed E-state index contributed by atoms with van der Waals surface area (Å²) >= 11 is 0. The van der Waals surface area contributed by atoms with Crippen molar-refractivity contribution in [2.75, 3.05) is 5.73 Å². The monoisotopic (exact) mass is 271 g/mol. The molecule has 0 spiro atoms. The topological polar surface area (TPSA) is 100 Å². The molecule has 2 aromatic heterocycles. The lowest BCUT2D eigenvalue weighted by atomic mass is 10.0. The number of nitrogen functional groups attached to an aromatic ring is 1. The quantitative estimate of drug-likeness (QED) is 0.658. The summed E-state index contributed by atoms with van der Waals surface area (Å²) in [7, 11) is 0. The van der Waals surface area contributed by atoms with Gasteiger partial charge in [0.05, 0.1) is 11.3 Å². The summed E-state index contributed by atoms with van der Waals surface area (Å²) in [5.74, 6) is -0.246. The summed E-state index contributed by atoms with van der Waals surface area (Å²) in [6, 6.07) is 9.07. The lowest BCUT2D eigenvalue weighted by Crippen LogP contribution is -2.06. The fourth-order valence-corrected chi connectivity index (χ4v) is 1.96. The van der Waals surface area contributed by atoms with Gasteiger partial charge >= 0.3 is 0 Å². The number of nitrogens with zero attached hydrogens (tertiary/aromatic N) is 2. The Morgan fingerprint density at radius 2 is 1.85 bits per heavy atom. The fraction of sp³-hybridized carbons (Fsp3) is 0. The minimum atomic E-state index is -0.411. The summed E-state index contributed by atoms with van der Waals surface area (Å²) in [6.07, 6.45) is 0. The largest absolute Gasteiger partial charge is 0.382 e. The molecule has 3 aromatic rings. The summed E-state index contributed by atoms with van der Waals surface area (Å²) in [4.78, 5) is 11.0. The van der Waals surface area contributed by atoms with Crippen molar-refractivity contribution in [3.05, 3.63) is 52.6 Å². The number of aromatic amines is 2. The number of aromatic nitrogens is 4. The molecule has 0 aliphatic rings. The Hall–Kier alpha value is -2.96. The van der Waals surface area contributed by atoms with E-state index in [-0.39, 0.29) is 11.4 Å². The molecule has 0 aliphatic carbocycles. The molecule has 20 heavy (non-hydrogen) atoms. The first-order valence-corrected chi connectivity index (χ1v) is 5.81. The van der Waals surface area contributed by atoms with Crippen molar-refractivity contribution in [1.29, 1.82) is 0 Å². The van der Waals surface area contributed by atoms with Gasteiger partial charge in [-0.05, 0) is 12.1 Å². The molecule has 0 aliphatic heterocycles. The Balaban J connectivity index is 2.23. The van der Waals surface area contributed by atoms with Crippen molar-refractivity contribution in [3.8, 4) is 22.5 Å². The van der Waals surface area contributed by atoms with Crippen molar-refractivity contribution in [3.63, 3.8) is 0 Å². The highest BCUT2D eigenvalue weighted by atomic mass is 19.1. The van der Waals surface area contributed by atoms with E-state index < -0.39 is 5.82 Å². The SMILES string of the molecule is Nc1n[nH]c(-c2ccc(=O)[nH]n2)c1-c1ccccc1F. The molecule has 0 bridgehead atoms. The van der Waals surface area contributed by atoms with E-state index in [4.69, 9.17) is 5.73 Å². The van der Waals surface area contributed by atoms with Crippen molar-refractivity contribution < 1.29 is 4.39 Å². The molecule has 6 nitrogen and oxygen atoms in total. The van der Waals surface area contributed by atoms with Gasteiger partial charge in [-0.2, -0.15) is 10.2 Å². The van der Waals surface area contributed by atoms with Crippen LogP contribution in [0.1, 0.15) is 0 Å². The van der Waals surface area contributed by atoms with Crippen LogP contribution in [0.2, 0.25) is 0 Å². The van der Waals surface area contributed by atoms with E-state index in [1.54, 1.807) is 18.2 Å². The second-order valence-corrected chi connectivity index (χ2v) is 4.15. The number of nitrogens with two attached hydrogens (primary N) is 1. The summed E-state index contributed by atoms with van der Waals surface area (Å²) in [5.41, 5.74) is 7.09. The molecule has 0 atom stereocenters. The molecule has 1 aromatic carbocycles. The van der Waals surface area contributed by atoms with Crippen LogP contribution in [-0.2, 0) is 0 Å². The van der Waals surface area contributed by atoms with Gasteiger partial charge in [0.15, 0.2) is 5.82 Å². The van der Waals surface area contributed by atoms with Crippen LogP contribution < -0.4 is 11.3 Å². The third-order valence-electron chi connectivity index (χ3n) is 2.87. The Bertz CT molecular complexity index is 803. The first-order chi connectivity index (χ1) is 9.66. The van der Waals surface area contributed by atoms with Gasteiger partial charge in [-0.1, -0.05) is 18.2 Å². The zero-order valence-electron chi connectivity index (χ0n) is 10.2. The Labute approximate surface area is 112 Å². The van der Waals surface area contributed by atoms with Gasteiger partial charge in [-0.15, -0.1) is 0 Å². The second kappa shape index (κ2) is 4.61. The highest BCUT2D eigenvalue weighted by Crippen LogP contribution is 2.34. The number of anilines is 1. The average Bonchev–Trinajstić information content (AvgIpc) is 2.82. The molecule has 100 valence electrons. The van der Waals surface area contributed by atoms with E-state index in [1.807, 2.05) is 0 Å². The van der Waals surface area contributed by atoms with E-state index in [9.17, 15) is 9.18 Å². The maximum atomic E-state index is 13.9. The maximum Gasteiger partial charge on any atom is 0.264 e. The average molecular weight is 271 g/mol. The number of hydrogen-bond donors (Lipinski definition) is 3. The van der Waals surface area contributed by atoms with Gasteiger partial charge in [0, 0.05) is 11.6 Å². The lowest BCUT2D eigenvalue weighted by molar-refractivity contribution is 0.631. The summed E-state index contributed by atoms with van der Waals surface area (Å²) < 4.78 is 13.9. The normalized spacial score (nSPS) is 10.7. The minimum absolute atomic E-state index is 0.165. The van der Waals surface area contributed by atoms with Crippen LogP contribution in [0.15, 0.2) is 41.2 Å². The molecule has 3 rings (SSSR count).